The lowest BCUT2D eigenvalue weighted by Crippen LogP contribution is -2.45. The van der Waals surface area contributed by atoms with Crippen molar-refractivity contribution in [2.75, 3.05) is 4.90 Å². The first-order chi connectivity index (χ1) is 19.0. The SMILES string of the molecule is O=C(O)c1csc(-c2nnc(N3[C@@H]4CC[C@H]3CC(OCc3c(-c5c(Cl)cccc5Cl)noc3C3CC3)C4)o2)c1. The molecule has 7 rings (SSSR count). The molecule has 3 atom stereocenters. The molecule has 39 heavy (non-hydrogen) atoms. The van der Waals surface area contributed by atoms with Crippen molar-refractivity contribution in [2.24, 2.45) is 0 Å². The number of nitrogens with zero attached hydrogens (tertiary/aromatic N) is 4. The third kappa shape index (κ3) is 4.63. The van der Waals surface area contributed by atoms with Gasteiger partial charge in [-0.3, -0.25) is 0 Å². The number of carboxylic acid groups (broad SMARTS) is 1. The Hall–Kier alpha value is -2.92. The zero-order valence-electron chi connectivity index (χ0n) is 20.7. The van der Waals surface area contributed by atoms with E-state index >= 15 is 0 Å². The first-order valence-electron chi connectivity index (χ1n) is 12.9. The minimum atomic E-state index is -0.977. The van der Waals surface area contributed by atoms with Crippen LogP contribution in [0.5, 0.6) is 0 Å². The van der Waals surface area contributed by atoms with Gasteiger partial charge < -0.3 is 23.7 Å². The predicted molar refractivity (Wildman–Crippen MR) is 146 cm³/mol. The fraction of sp³-hybridized carbons (Fsp3) is 0.407. The van der Waals surface area contributed by atoms with Crippen molar-refractivity contribution in [1.82, 2.24) is 15.4 Å². The Morgan fingerprint density at radius 2 is 1.87 bits per heavy atom. The van der Waals surface area contributed by atoms with Gasteiger partial charge in [-0.05, 0) is 56.7 Å². The molecule has 1 aromatic carbocycles. The number of aromatic nitrogens is 3. The summed E-state index contributed by atoms with van der Waals surface area (Å²) in [7, 11) is 0. The zero-order chi connectivity index (χ0) is 26.7. The second-order valence-corrected chi connectivity index (χ2v) is 12.1. The predicted octanol–water partition coefficient (Wildman–Crippen LogP) is 7.05. The molecule has 1 aliphatic carbocycles. The van der Waals surface area contributed by atoms with Crippen molar-refractivity contribution in [3.63, 3.8) is 0 Å². The number of rotatable bonds is 8. The standard InChI is InChI=1S/C27H24Cl2N4O5S/c28-19-2-1-3-20(29)22(19)23-18(24(38-32-23)13-4-5-13)11-36-17-9-15-6-7-16(10-17)33(15)27-31-30-25(37-27)21-8-14(12-39-21)26(34)35/h1-3,8,12-13,15-17H,4-7,9-11H2,(H,34,35)/t15-,16+,17?. The first kappa shape index (κ1) is 25.1. The van der Waals surface area contributed by atoms with E-state index in [9.17, 15) is 9.90 Å². The smallest absolute Gasteiger partial charge is 0.336 e. The van der Waals surface area contributed by atoms with Gasteiger partial charge in [-0.25, -0.2) is 4.79 Å². The number of halogens is 2. The van der Waals surface area contributed by atoms with Crippen LogP contribution in [0.3, 0.4) is 0 Å². The maximum Gasteiger partial charge on any atom is 0.336 e. The molecule has 3 aromatic heterocycles. The minimum Gasteiger partial charge on any atom is -0.478 e. The number of hydrogen-bond acceptors (Lipinski definition) is 9. The first-order valence-corrected chi connectivity index (χ1v) is 14.6. The van der Waals surface area contributed by atoms with Crippen LogP contribution < -0.4 is 4.90 Å². The normalized spacial score (nSPS) is 22.5. The molecule has 3 fully saturated rings. The monoisotopic (exact) mass is 586 g/mol. The van der Waals surface area contributed by atoms with Crippen LogP contribution in [0.4, 0.5) is 6.01 Å². The van der Waals surface area contributed by atoms with Gasteiger partial charge in [0.15, 0.2) is 0 Å². The fourth-order valence-electron chi connectivity index (χ4n) is 5.80. The molecule has 3 aliphatic rings. The van der Waals surface area contributed by atoms with Crippen LogP contribution in [0.1, 0.15) is 66.1 Å². The lowest BCUT2D eigenvalue weighted by Gasteiger charge is -2.37. The Balaban J connectivity index is 1.07. The molecular formula is C27H24Cl2N4O5S. The van der Waals surface area contributed by atoms with Crippen LogP contribution in [0.15, 0.2) is 38.6 Å². The molecule has 1 N–H and O–H groups in total. The highest BCUT2D eigenvalue weighted by atomic mass is 35.5. The third-order valence-electron chi connectivity index (χ3n) is 7.81. The minimum absolute atomic E-state index is 0.0630. The molecule has 0 spiro atoms. The highest BCUT2D eigenvalue weighted by Crippen LogP contribution is 2.47. The van der Waals surface area contributed by atoms with Gasteiger partial charge >= 0.3 is 12.0 Å². The summed E-state index contributed by atoms with van der Waals surface area (Å²) in [4.78, 5) is 14.1. The summed E-state index contributed by atoms with van der Waals surface area (Å²) in [6, 6.07) is 7.91. The van der Waals surface area contributed by atoms with Gasteiger partial charge in [0.05, 0.1) is 33.2 Å². The molecule has 0 radical (unpaired) electrons. The van der Waals surface area contributed by atoms with Gasteiger partial charge in [-0.15, -0.1) is 16.4 Å². The molecule has 9 nitrogen and oxygen atoms in total. The van der Waals surface area contributed by atoms with Crippen LogP contribution in [-0.4, -0.2) is 44.6 Å². The topological polar surface area (TPSA) is 115 Å². The number of hydrogen-bond donors (Lipinski definition) is 1. The lowest BCUT2D eigenvalue weighted by molar-refractivity contribution is 0.0139. The quantitative estimate of drug-likeness (QED) is 0.232. The number of benzene rings is 1. The van der Waals surface area contributed by atoms with Crippen molar-refractivity contribution >= 4 is 46.5 Å². The number of thiophene rings is 1. The van der Waals surface area contributed by atoms with Crippen molar-refractivity contribution in [2.45, 2.75) is 69.2 Å². The van der Waals surface area contributed by atoms with Crippen LogP contribution in [0.25, 0.3) is 22.0 Å². The van der Waals surface area contributed by atoms with Crippen molar-refractivity contribution in [1.29, 1.82) is 0 Å². The second kappa shape index (κ2) is 9.92. The average molecular weight is 587 g/mol. The number of anilines is 1. The Labute approximate surface area is 237 Å². The maximum absolute atomic E-state index is 11.2. The summed E-state index contributed by atoms with van der Waals surface area (Å²) >= 11 is 14.3. The summed E-state index contributed by atoms with van der Waals surface area (Å²) in [5.41, 5.74) is 2.48. The largest absolute Gasteiger partial charge is 0.478 e. The van der Waals surface area contributed by atoms with Gasteiger partial charge in [-0.2, -0.15) is 0 Å². The molecule has 2 aliphatic heterocycles. The van der Waals surface area contributed by atoms with Gasteiger partial charge in [0, 0.05) is 34.5 Å². The van der Waals surface area contributed by atoms with Gasteiger partial charge in [0.2, 0.25) is 0 Å². The van der Waals surface area contributed by atoms with E-state index in [1.807, 2.05) is 6.07 Å². The third-order valence-corrected chi connectivity index (χ3v) is 9.36. The Morgan fingerprint density at radius 3 is 2.54 bits per heavy atom. The van der Waals surface area contributed by atoms with Gasteiger partial charge in [0.25, 0.3) is 5.89 Å². The summed E-state index contributed by atoms with van der Waals surface area (Å²) in [6.45, 7) is 0.380. The number of ether oxygens (including phenoxy) is 1. The molecule has 2 saturated heterocycles. The highest BCUT2D eigenvalue weighted by molar-refractivity contribution is 7.13. The number of piperidine rings is 1. The van der Waals surface area contributed by atoms with Crippen molar-refractivity contribution in [3.05, 3.63) is 56.6 Å². The molecule has 1 saturated carbocycles. The molecule has 4 aromatic rings. The van der Waals surface area contributed by atoms with Crippen molar-refractivity contribution in [3.8, 4) is 22.0 Å². The zero-order valence-corrected chi connectivity index (χ0v) is 23.0. The van der Waals surface area contributed by atoms with E-state index < -0.39 is 5.97 Å². The van der Waals surface area contributed by atoms with Crippen LogP contribution in [0.2, 0.25) is 10.0 Å². The van der Waals surface area contributed by atoms with E-state index in [-0.39, 0.29) is 23.8 Å². The molecule has 1 unspecified atom stereocenters. The van der Waals surface area contributed by atoms with E-state index in [4.69, 9.17) is 36.9 Å². The number of aromatic carboxylic acids is 1. The molecule has 0 amide bonds. The molecule has 5 heterocycles. The lowest BCUT2D eigenvalue weighted by atomic mass is 10.00. The highest BCUT2D eigenvalue weighted by Gasteiger charge is 2.44. The summed E-state index contributed by atoms with van der Waals surface area (Å²) in [5, 5.41) is 24.7. The summed E-state index contributed by atoms with van der Waals surface area (Å²) in [5.74, 6) is 0.603. The van der Waals surface area contributed by atoms with E-state index in [1.54, 1.807) is 23.6 Å². The Morgan fingerprint density at radius 1 is 1.13 bits per heavy atom. The van der Waals surface area contributed by atoms with Crippen LogP contribution in [-0.2, 0) is 11.3 Å². The summed E-state index contributed by atoms with van der Waals surface area (Å²) in [6.07, 6.45) is 5.93. The van der Waals surface area contributed by atoms with Gasteiger partial charge in [0.1, 0.15) is 11.5 Å². The fourth-order valence-corrected chi connectivity index (χ4v) is 7.18. The van der Waals surface area contributed by atoms with Crippen LogP contribution in [0, 0.1) is 0 Å². The Bertz CT molecular complexity index is 1510. The van der Waals surface area contributed by atoms with Crippen molar-refractivity contribution < 1.29 is 23.6 Å². The molecule has 202 valence electrons. The van der Waals surface area contributed by atoms with Gasteiger partial charge in [-0.1, -0.05) is 39.5 Å². The second-order valence-electron chi connectivity index (χ2n) is 10.3. The molecular weight excluding hydrogens is 563 g/mol. The maximum atomic E-state index is 11.2. The number of carboxylic acids is 1. The van der Waals surface area contributed by atoms with E-state index in [1.165, 1.54) is 11.3 Å². The molecule has 12 heteroatoms. The van der Waals surface area contributed by atoms with E-state index in [0.717, 1.165) is 49.8 Å². The van der Waals surface area contributed by atoms with E-state index in [2.05, 4.69) is 20.3 Å². The molecule has 2 bridgehead atoms. The van der Waals surface area contributed by atoms with E-state index in [0.29, 0.717) is 50.6 Å². The summed E-state index contributed by atoms with van der Waals surface area (Å²) < 4.78 is 18.3. The number of carbonyl (C=O) groups is 1. The number of fused-ring (bicyclic) bond motifs is 2. The Kier molecular flexibility index (Phi) is 6.38. The average Bonchev–Trinajstić information content (AvgIpc) is 3.25. The van der Waals surface area contributed by atoms with Crippen LogP contribution >= 0.6 is 34.5 Å².